The number of methoxy groups -OCH3 is 1. The third-order valence-corrected chi connectivity index (χ3v) is 7.05. The molecule has 1 aromatic heterocycles. The van der Waals surface area contributed by atoms with Crippen LogP contribution in [0.25, 0.3) is 10.9 Å². The number of amides is 2. The molecule has 0 radical (unpaired) electrons. The van der Waals surface area contributed by atoms with Crippen LogP contribution in [0.1, 0.15) is 56.7 Å². The molecule has 2 N–H and O–H groups in total. The molecular formula is C23H28BrN3O4. The fourth-order valence-electron chi connectivity index (χ4n) is 4.99. The first-order valence-corrected chi connectivity index (χ1v) is 11.7. The Morgan fingerprint density at radius 2 is 1.94 bits per heavy atom. The van der Waals surface area contributed by atoms with Crippen molar-refractivity contribution < 1.29 is 14.3 Å². The van der Waals surface area contributed by atoms with Crippen molar-refractivity contribution in [3.05, 3.63) is 44.7 Å². The zero-order chi connectivity index (χ0) is 22.0. The van der Waals surface area contributed by atoms with Crippen molar-refractivity contribution in [3.8, 4) is 0 Å². The van der Waals surface area contributed by atoms with E-state index in [9.17, 15) is 14.4 Å². The molecule has 0 bridgehead atoms. The summed E-state index contributed by atoms with van der Waals surface area (Å²) in [5.41, 5.74) is 1.42. The molecule has 1 aliphatic heterocycles. The Hall–Kier alpha value is -2.35. The van der Waals surface area contributed by atoms with E-state index in [1.165, 1.54) is 7.11 Å². The second-order valence-corrected chi connectivity index (χ2v) is 9.40. The van der Waals surface area contributed by atoms with E-state index in [0.717, 1.165) is 60.6 Å². The van der Waals surface area contributed by atoms with Gasteiger partial charge in [0, 0.05) is 33.7 Å². The SMILES string of the molecule is COC(=O)N[C@H](C(=O)N1CCC[C@H]1c1cc(=O)c2cc(Br)ccc2[nH]1)C1CCCCC1. The van der Waals surface area contributed by atoms with Gasteiger partial charge in [0.05, 0.1) is 13.2 Å². The molecule has 0 unspecified atom stereocenters. The van der Waals surface area contributed by atoms with E-state index in [0.29, 0.717) is 11.9 Å². The highest BCUT2D eigenvalue weighted by molar-refractivity contribution is 9.10. The van der Waals surface area contributed by atoms with Gasteiger partial charge in [-0.1, -0.05) is 35.2 Å². The van der Waals surface area contributed by atoms with Gasteiger partial charge in [-0.3, -0.25) is 9.59 Å². The quantitative estimate of drug-likeness (QED) is 0.670. The number of nitrogens with one attached hydrogen (secondary N) is 2. The highest BCUT2D eigenvalue weighted by Crippen LogP contribution is 2.34. The Kier molecular flexibility index (Phi) is 6.65. The van der Waals surface area contributed by atoms with Crippen molar-refractivity contribution in [2.24, 2.45) is 5.92 Å². The summed E-state index contributed by atoms with van der Waals surface area (Å²) in [6.07, 6.45) is 6.18. The Morgan fingerprint density at radius 1 is 1.16 bits per heavy atom. The molecule has 31 heavy (non-hydrogen) atoms. The van der Waals surface area contributed by atoms with Gasteiger partial charge in [0.15, 0.2) is 5.43 Å². The van der Waals surface area contributed by atoms with Gasteiger partial charge in [0.25, 0.3) is 0 Å². The van der Waals surface area contributed by atoms with Gasteiger partial charge in [-0.25, -0.2) is 4.79 Å². The lowest BCUT2D eigenvalue weighted by Gasteiger charge is -2.34. The molecule has 2 atom stereocenters. The Labute approximate surface area is 189 Å². The predicted octanol–water partition coefficient (Wildman–Crippen LogP) is 4.26. The maximum absolute atomic E-state index is 13.6. The van der Waals surface area contributed by atoms with E-state index < -0.39 is 12.1 Å². The molecule has 0 spiro atoms. The lowest BCUT2D eigenvalue weighted by Crippen LogP contribution is -2.52. The Balaban J connectivity index is 1.63. The molecular weight excluding hydrogens is 462 g/mol. The number of hydrogen-bond acceptors (Lipinski definition) is 4. The average Bonchev–Trinajstić information content (AvgIpc) is 3.28. The number of carbonyl (C=O) groups is 2. The van der Waals surface area contributed by atoms with Crippen LogP contribution in [0.4, 0.5) is 4.79 Å². The molecule has 2 amide bonds. The zero-order valence-electron chi connectivity index (χ0n) is 17.7. The van der Waals surface area contributed by atoms with Crippen molar-refractivity contribution in [2.75, 3.05) is 13.7 Å². The number of likely N-dealkylation sites (tertiary alicyclic amines) is 1. The molecule has 2 fully saturated rings. The molecule has 7 nitrogen and oxygen atoms in total. The summed E-state index contributed by atoms with van der Waals surface area (Å²) < 4.78 is 5.64. The third kappa shape index (κ3) is 4.63. The molecule has 1 saturated carbocycles. The lowest BCUT2D eigenvalue weighted by molar-refractivity contribution is -0.136. The number of halogens is 1. The van der Waals surface area contributed by atoms with Crippen LogP contribution in [0.15, 0.2) is 33.5 Å². The minimum absolute atomic E-state index is 0.0686. The number of nitrogens with zero attached hydrogens (tertiary/aromatic N) is 1. The first kappa shape index (κ1) is 21.9. The second kappa shape index (κ2) is 9.42. The first-order valence-electron chi connectivity index (χ1n) is 11.0. The van der Waals surface area contributed by atoms with Crippen molar-refractivity contribution >= 4 is 38.8 Å². The van der Waals surface area contributed by atoms with Gasteiger partial charge < -0.3 is 19.9 Å². The summed E-state index contributed by atoms with van der Waals surface area (Å²) in [4.78, 5) is 43.6. The van der Waals surface area contributed by atoms with Gasteiger partial charge in [0.1, 0.15) is 6.04 Å². The van der Waals surface area contributed by atoms with Crippen molar-refractivity contribution in [2.45, 2.75) is 57.0 Å². The smallest absolute Gasteiger partial charge is 0.407 e. The van der Waals surface area contributed by atoms with Gasteiger partial charge in [-0.2, -0.15) is 0 Å². The van der Waals surface area contributed by atoms with E-state index in [1.54, 1.807) is 12.1 Å². The van der Waals surface area contributed by atoms with Crippen LogP contribution in [0.3, 0.4) is 0 Å². The van der Waals surface area contributed by atoms with Gasteiger partial charge in [-0.15, -0.1) is 0 Å². The summed E-state index contributed by atoms with van der Waals surface area (Å²) in [6, 6.07) is 6.35. The average molecular weight is 490 g/mol. The maximum atomic E-state index is 13.6. The van der Waals surface area contributed by atoms with E-state index in [2.05, 4.69) is 26.2 Å². The van der Waals surface area contributed by atoms with E-state index >= 15 is 0 Å². The summed E-state index contributed by atoms with van der Waals surface area (Å²) in [6.45, 7) is 0.607. The molecule has 2 aromatic rings. The summed E-state index contributed by atoms with van der Waals surface area (Å²) >= 11 is 3.41. The number of rotatable bonds is 4. The third-order valence-electron chi connectivity index (χ3n) is 6.55. The number of fused-ring (bicyclic) bond motifs is 1. The van der Waals surface area contributed by atoms with Crippen molar-refractivity contribution in [3.63, 3.8) is 0 Å². The highest BCUT2D eigenvalue weighted by Gasteiger charge is 2.39. The number of carbonyl (C=O) groups excluding carboxylic acids is 2. The second-order valence-electron chi connectivity index (χ2n) is 8.48. The van der Waals surface area contributed by atoms with E-state index in [4.69, 9.17) is 4.74 Å². The topological polar surface area (TPSA) is 91.5 Å². The summed E-state index contributed by atoms with van der Waals surface area (Å²) in [5.74, 6) is 0.0196. The van der Waals surface area contributed by atoms with Crippen LogP contribution in [0.5, 0.6) is 0 Å². The minimum atomic E-state index is -0.600. The molecule has 2 aliphatic rings. The van der Waals surface area contributed by atoms with Gasteiger partial charge >= 0.3 is 6.09 Å². The molecule has 1 aromatic carbocycles. The number of aromatic nitrogens is 1. The molecule has 2 heterocycles. The number of alkyl carbamates (subject to hydrolysis) is 1. The molecule has 1 saturated heterocycles. The molecule has 1 aliphatic carbocycles. The standard InChI is InChI=1S/C23H28BrN3O4/c1-31-23(30)26-21(14-6-3-2-4-7-14)22(29)27-11-5-8-19(27)18-13-20(28)16-12-15(24)9-10-17(16)25-18/h9-10,12-14,19,21H,2-8,11H2,1H3,(H,25,28)(H,26,30)/t19-,21-/m0/s1. The van der Waals surface area contributed by atoms with Crippen LogP contribution >= 0.6 is 15.9 Å². The molecule has 4 rings (SSSR count). The summed E-state index contributed by atoms with van der Waals surface area (Å²) in [5, 5.41) is 3.42. The van der Waals surface area contributed by atoms with Crippen LogP contribution < -0.4 is 10.7 Å². The fourth-order valence-corrected chi connectivity index (χ4v) is 5.35. The number of ether oxygens (including phenoxy) is 1. The number of hydrogen-bond donors (Lipinski definition) is 2. The van der Waals surface area contributed by atoms with Gasteiger partial charge in [0.2, 0.25) is 5.91 Å². The number of benzene rings is 1. The van der Waals surface area contributed by atoms with Gasteiger partial charge in [-0.05, 0) is 49.8 Å². The Bertz CT molecular complexity index is 1030. The molecule has 166 valence electrons. The normalized spacial score (nSPS) is 20.6. The lowest BCUT2D eigenvalue weighted by atomic mass is 9.83. The van der Waals surface area contributed by atoms with E-state index in [1.807, 2.05) is 17.0 Å². The Morgan fingerprint density at radius 3 is 2.68 bits per heavy atom. The van der Waals surface area contributed by atoms with E-state index in [-0.39, 0.29) is 23.3 Å². The highest BCUT2D eigenvalue weighted by atomic mass is 79.9. The predicted molar refractivity (Wildman–Crippen MR) is 122 cm³/mol. The molecule has 8 heteroatoms. The van der Waals surface area contributed by atoms with Crippen LogP contribution in [0.2, 0.25) is 0 Å². The first-order chi connectivity index (χ1) is 15.0. The van der Waals surface area contributed by atoms with Crippen LogP contribution in [-0.4, -0.2) is 41.6 Å². The monoisotopic (exact) mass is 489 g/mol. The number of H-pyrrole nitrogens is 1. The summed E-state index contributed by atoms with van der Waals surface area (Å²) in [7, 11) is 1.31. The number of pyridine rings is 1. The minimum Gasteiger partial charge on any atom is -0.453 e. The maximum Gasteiger partial charge on any atom is 0.407 e. The van der Waals surface area contributed by atoms with Crippen molar-refractivity contribution in [1.82, 2.24) is 15.2 Å². The van der Waals surface area contributed by atoms with Crippen LogP contribution in [0, 0.1) is 5.92 Å². The largest absolute Gasteiger partial charge is 0.453 e. The van der Waals surface area contributed by atoms with Crippen molar-refractivity contribution in [1.29, 1.82) is 0 Å². The van der Waals surface area contributed by atoms with Crippen LogP contribution in [-0.2, 0) is 9.53 Å². The number of aromatic amines is 1. The fraction of sp³-hybridized carbons (Fsp3) is 0.522. The zero-order valence-corrected chi connectivity index (χ0v) is 19.2.